The van der Waals surface area contributed by atoms with E-state index in [0.717, 1.165) is 4.57 Å². The van der Waals surface area contributed by atoms with Gasteiger partial charge >= 0.3 is 35.1 Å². The molecule has 3 unspecified atom stereocenters. The number of carbonyl (C=O) groups is 4. The third kappa shape index (κ3) is 16.9. The summed E-state index contributed by atoms with van der Waals surface area (Å²) in [7, 11) is 0. The fourth-order valence-corrected chi connectivity index (χ4v) is 7.88. The van der Waals surface area contributed by atoms with Crippen molar-refractivity contribution < 1.29 is 60.5 Å². The highest BCUT2D eigenvalue weighted by molar-refractivity contribution is 14.0. The molecule has 5 heterocycles. The fourth-order valence-electron chi connectivity index (χ4n) is 6.78. The van der Waals surface area contributed by atoms with E-state index in [1.807, 2.05) is 12.4 Å². The Hall–Kier alpha value is -7.81. The second kappa shape index (κ2) is 29.6. The number of benzene rings is 3. The topological polar surface area (TPSA) is 428 Å². The lowest BCUT2D eigenvalue weighted by atomic mass is 10.0. The zero-order valence-corrected chi connectivity index (χ0v) is 49.0. The molecule has 0 spiro atoms. The Morgan fingerprint density at radius 3 is 1.44 bits per heavy atom. The van der Waals surface area contributed by atoms with E-state index in [4.69, 9.17) is 40.1 Å². The quantitative estimate of drug-likeness (QED) is 0.0223. The number of hydrogen-bond acceptors (Lipinski definition) is 22. The lowest BCUT2D eigenvalue weighted by Gasteiger charge is -2.10. The van der Waals surface area contributed by atoms with Crippen LogP contribution in [0.25, 0.3) is 34.4 Å². The monoisotopic (exact) mass is 1430 g/mol. The van der Waals surface area contributed by atoms with Gasteiger partial charge in [-0.25, -0.2) is 50.8 Å². The smallest absolute Gasteiger partial charge is 0.361 e. The summed E-state index contributed by atoms with van der Waals surface area (Å²) in [6.45, 7) is 6.30. The molecule has 81 heavy (non-hydrogen) atoms. The Bertz CT molecular complexity index is 3660. The summed E-state index contributed by atoms with van der Waals surface area (Å²) in [4.78, 5) is 72.3. The number of hydrogen-bond donors (Lipinski definition) is 7. The van der Waals surface area contributed by atoms with Crippen molar-refractivity contribution in [3.05, 3.63) is 129 Å². The first-order valence-corrected chi connectivity index (χ1v) is 25.3. The number of hydroxylamine groups is 1. The van der Waals surface area contributed by atoms with Crippen molar-refractivity contribution in [2.45, 2.75) is 40.0 Å². The molecule has 0 saturated heterocycles. The standard InChI is InChI=1S/C16H14BrFN6O5.C15H16BrFN6O4.C14H13BrFN5O3.HI/c1-7(6-20-15(26)13(19)25)4-11-12(22-29-21-11)14-23-28-16(27)24(14)8-2-3-10(18)9(17)5-8;1-7(6-19-15(25)13(18)24)4-11-12(23-27-22-11)14(21-26)20-8-2-3-10(17)9(16)5-8;1-7(6-17)4-11-12(19-24-18-11)13-20-23-14(22)21(13)8-2-3-10(16)9(15)5-8;/h2-3,5,7H,4,6H2,1H3,(H2,19,25)(H,20,26);2-3,5,7,26H,4,6H2,1H3,(H2,18,24)(H,19,25)(H,20,21);2-3,5,7H,4,6,17H2,1H3;1H. The minimum absolute atomic E-state index is 0. The summed E-state index contributed by atoms with van der Waals surface area (Å²) in [6, 6.07) is 12.1. The van der Waals surface area contributed by atoms with Gasteiger partial charge in [0, 0.05) is 13.1 Å². The Kier molecular flexibility index (Phi) is 23.4. The lowest BCUT2D eigenvalue weighted by molar-refractivity contribution is -0.137. The fraction of sp³-hybridized carbons (Fsp3) is 0.267. The average Bonchev–Trinajstić information content (AvgIpc) is 4.33. The molecule has 3 aromatic carbocycles. The molecule has 36 heteroatoms. The van der Waals surface area contributed by atoms with Crippen LogP contribution < -0.4 is 44.8 Å². The van der Waals surface area contributed by atoms with Crippen LogP contribution in [0.1, 0.15) is 43.5 Å². The Balaban J connectivity index is 0.000000223. The number of aliphatic imine (C=N–C) groups is 1. The molecular weight excluding hydrogens is 1390 g/mol. The lowest BCUT2D eigenvalue weighted by Crippen LogP contribution is -2.38. The van der Waals surface area contributed by atoms with E-state index >= 15 is 0 Å². The van der Waals surface area contributed by atoms with Crippen LogP contribution in [-0.4, -0.2) is 105 Å². The Morgan fingerprint density at radius 2 is 1.02 bits per heavy atom. The first kappa shape index (κ1) is 64.0. The van der Waals surface area contributed by atoms with E-state index in [-0.39, 0.29) is 115 Å². The maximum Gasteiger partial charge on any atom is 0.446 e. The summed E-state index contributed by atoms with van der Waals surface area (Å²) in [5, 5.41) is 44.4. The summed E-state index contributed by atoms with van der Waals surface area (Å²) >= 11 is 9.20. The number of amides is 4. The molecule has 0 aliphatic carbocycles. The van der Waals surface area contributed by atoms with Crippen molar-refractivity contribution in [2.24, 2.45) is 39.9 Å². The van der Waals surface area contributed by atoms with E-state index in [0.29, 0.717) is 47.8 Å². The van der Waals surface area contributed by atoms with Crippen LogP contribution >= 0.6 is 71.8 Å². The van der Waals surface area contributed by atoms with Crippen molar-refractivity contribution >= 4 is 107 Å². The molecule has 430 valence electrons. The molecule has 0 radical (unpaired) electrons. The van der Waals surface area contributed by atoms with Crippen LogP contribution in [0.2, 0.25) is 0 Å². The van der Waals surface area contributed by atoms with Crippen molar-refractivity contribution in [1.82, 2.24) is 66.5 Å². The van der Waals surface area contributed by atoms with E-state index in [1.54, 1.807) is 13.8 Å². The number of aromatic nitrogens is 10. The van der Waals surface area contributed by atoms with Crippen LogP contribution in [0, 0.1) is 35.2 Å². The first-order chi connectivity index (χ1) is 38.1. The molecule has 8 aromatic rings. The summed E-state index contributed by atoms with van der Waals surface area (Å²) in [5.41, 5.74) is 20.1. The number of primary amides is 2. The Labute approximate surface area is 494 Å². The predicted octanol–water partition coefficient (Wildman–Crippen LogP) is 3.90. The number of rotatable bonds is 17. The van der Waals surface area contributed by atoms with Crippen LogP contribution in [0.15, 0.2) is 106 Å². The maximum absolute atomic E-state index is 13.5. The van der Waals surface area contributed by atoms with E-state index in [1.165, 1.54) is 59.2 Å². The van der Waals surface area contributed by atoms with Crippen LogP contribution in [0.3, 0.4) is 0 Å². The van der Waals surface area contributed by atoms with Gasteiger partial charge in [0.05, 0.1) is 30.5 Å². The number of halogens is 7. The van der Waals surface area contributed by atoms with Crippen molar-refractivity contribution in [3.8, 4) is 34.4 Å². The molecule has 5 aromatic heterocycles. The molecule has 29 nitrogen and oxygen atoms in total. The van der Waals surface area contributed by atoms with Gasteiger partial charge in [-0.15, -0.1) is 24.0 Å². The van der Waals surface area contributed by atoms with E-state index in [2.05, 4.69) is 105 Å². The van der Waals surface area contributed by atoms with E-state index in [9.17, 15) is 47.1 Å². The first-order valence-electron chi connectivity index (χ1n) is 22.9. The van der Waals surface area contributed by atoms with Crippen molar-refractivity contribution in [2.75, 3.05) is 19.6 Å². The highest BCUT2D eigenvalue weighted by atomic mass is 127. The van der Waals surface area contributed by atoms with Crippen molar-refractivity contribution in [1.29, 1.82) is 0 Å². The van der Waals surface area contributed by atoms with Gasteiger partial charge in [-0.2, -0.15) is 0 Å². The van der Waals surface area contributed by atoms with Crippen molar-refractivity contribution in [3.63, 3.8) is 0 Å². The van der Waals surface area contributed by atoms with Gasteiger partial charge in [-0.05, 0) is 161 Å². The number of nitrogens with zero attached hydrogens (tertiary/aromatic N) is 11. The number of amidine groups is 1. The van der Waals surface area contributed by atoms with Gasteiger partial charge in [0.1, 0.15) is 34.5 Å². The normalized spacial score (nSPS) is 12.2. The van der Waals surface area contributed by atoms with Crippen LogP contribution in [0.4, 0.5) is 18.9 Å². The molecule has 0 aliphatic rings. The van der Waals surface area contributed by atoms with Gasteiger partial charge in [-0.3, -0.25) is 38.9 Å². The SMILES string of the molecule is CC(CN)Cc1nonc1-c1noc(=O)n1-c1ccc(F)c(Br)c1.CC(CNC(=O)C(N)=O)Cc1nonc1-c1noc(=O)n1-c1ccc(F)c(Br)c1.CC(CNC(=O)C(N)=O)Cc1nonc1C(=Nc1ccc(F)c(Br)c1)NO.I. The summed E-state index contributed by atoms with van der Waals surface area (Å²) in [6.07, 6.45) is 1.07. The highest BCUT2D eigenvalue weighted by Gasteiger charge is 2.27. The highest BCUT2D eigenvalue weighted by Crippen LogP contribution is 2.28. The predicted molar refractivity (Wildman–Crippen MR) is 293 cm³/mol. The van der Waals surface area contributed by atoms with Gasteiger partial charge < -0.3 is 27.8 Å². The zero-order valence-electron chi connectivity index (χ0n) is 41.9. The second-order valence-electron chi connectivity index (χ2n) is 17.1. The second-order valence-corrected chi connectivity index (χ2v) is 19.6. The number of nitrogens with two attached hydrogens (primary N) is 3. The maximum atomic E-state index is 13.5. The number of nitrogens with one attached hydrogen (secondary N) is 3. The molecule has 8 rings (SSSR count). The molecule has 4 amide bonds. The minimum atomic E-state index is -1.09. The van der Waals surface area contributed by atoms with Crippen LogP contribution in [-0.2, 0) is 38.4 Å². The molecule has 0 saturated carbocycles. The molecule has 0 aliphatic heterocycles. The molecule has 3 atom stereocenters. The average molecular weight is 1440 g/mol. The summed E-state index contributed by atoms with van der Waals surface area (Å²) in [5.74, 6) is -7.02. The largest absolute Gasteiger partial charge is 0.446 e. The zero-order chi connectivity index (χ0) is 58.4. The van der Waals surface area contributed by atoms with Gasteiger partial charge in [0.25, 0.3) is 0 Å². The molecule has 0 bridgehead atoms. The molecule has 0 fully saturated rings. The van der Waals surface area contributed by atoms with Crippen LogP contribution in [0.5, 0.6) is 0 Å². The third-order valence-electron chi connectivity index (χ3n) is 10.8. The van der Waals surface area contributed by atoms with Gasteiger partial charge in [0.2, 0.25) is 11.6 Å². The number of carbonyl (C=O) groups excluding carboxylic acids is 4. The molecular formula is C45H44Br3F3IN17O12. The summed E-state index contributed by atoms with van der Waals surface area (Å²) < 4.78 is 66.9. The minimum Gasteiger partial charge on any atom is -0.361 e. The Morgan fingerprint density at radius 1 is 0.617 bits per heavy atom. The van der Waals surface area contributed by atoms with Gasteiger partial charge in [-0.1, -0.05) is 46.6 Å². The van der Waals surface area contributed by atoms with E-state index < -0.39 is 52.6 Å². The van der Waals surface area contributed by atoms with Gasteiger partial charge in [0.15, 0.2) is 22.9 Å². The third-order valence-corrected chi connectivity index (χ3v) is 12.6. The molecule has 10 N–H and O–H groups in total.